The maximum absolute atomic E-state index is 12.9. The molecule has 0 spiro atoms. The lowest BCUT2D eigenvalue weighted by atomic mass is 10.0. The molecule has 0 N–H and O–H groups in total. The highest BCUT2D eigenvalue weighted by molar-refractivity contribution is 7.45. The van der Waals surface area contributed by atoms with Crippen molar-refractivity contribution in [2.24, 2.45) is 0 Å². The summed E-state index contributed by atoms with van der Waals surface area (Å²) in [6, 6.07) is 0. The van der Waals surface area contributed by atoms with Crippen LogP contribution in [0.5, 0.6) is 0 Å². The highest BCUT2D eigenvalue weighted by atomic mass is 31.2. The van der Waals surface area contributed by atoms with Crippen molar-refractivity contribution < 1.29 is 42.1 Å². The molecule has 0 fully saturated rings. The van der Waals surface area contributed by atoms with Gasteiger partial charge in [-0.1, -0.05) is 488 Å². The maximum atomic E-state index is 12.9. The summed E-state index contributed by atoms with van der Waals surface area (Å²) in [5.41, 5.74) is 0. The van der Waals surface area contributed by atoms with Gasteiger partial charge in [-0.15, -0.1) is 0 Å². The van der Waals surface area contributed by atoms with E-state index in [0.29, 0.717) is 17.4 Å². The zero-order chi connectivity index (χ0) is 75.4. The molecule has 0 amide bonds. The zero-order valence-electron chi connectivity index (χ0n) is 71.3. The lowest BCUT2D eigenvalue weighted by Gasteiger charge is -2.28. The third kappa shape index (κ3) is 89.6. The second-order valence-corrected chi connectivity index (χ2v) is 35.5. The highest BCUT2D eigenvalue weighted by Crippen LogP contribution is 2.38. The minimum absolute atomic E-state index is 0.0252. The summed E-state index contributed by atoms with van der Waals surface area (Å²) in [5.74, 6) is -0.799. The number of rotatable bonds is 91. The van der Waals surface area contributed by atoms with Crippen molar-refractivity contribution in [3.05, 3.63) is 12.2 Å². The van der Waals surface area contributed by atoms with Crippen molar-refractivity contribution in [1.82, 2.24) is 0 Å². The molecule has 2 unspecified atom stereocenters. The molecule has 9 nitrogen and oxygen atoms in total. The van der Waals surface area contributed by atoms with Crippen molar-refractivity contribution in [1.29, 1.82) is 0 Å². The van der Waals surface area contributed by atoms with Crippen LogP contribution in [-0.4, -0.2) is 70.0 Å². The first-order valence-corrected chi connectivity index (χ1v) is 48.9. The third-order valence-corrected chi connectivity index (χ3v) is 23.2. The van der Waals surface area contributed by atoms with Crippen LogP contribution in [0.25, 0.3) is 0 Å². The number of carbonyl (C=O) groups excluding carboxylic acids is 2. The van der Waals surface area contributed by atoms with Crippen LogP contribution in [0.4, 0.5) is 0 Å². The van der Waals surface area contributed by atoms with Gasteiger partial charge in [-0.05, 0) is 38.5 Å². The number of unbranched alkanes of at least 4 members (excludes halogenated alkanes) is 75. The first-order valence-electron chi connectivity index (χ1n) is 47.4. The van der Waals surface area contributed by atoms with Crippen LogP contribution in [0.2, 0.25) is 0 Å². The van der Waals surface area contributed by atoms with Gasteiger partial charge in [0.15, 0.2) is 6.10 Å². The van der Waals surface area contributed by atoms with Gasteiger partial charge >= 0.3 is 11.9 Å². The number of likely N-dealkylation sites (N-methyl/N-ethyl adjacent to an activating group) is 1. The molecule has 0 saturated heterocycles. The molecule has 2 atom stereocenters. The predicted octanol–water partition coefficient (Wildman–Crippen LogP) is 31.5. The molecule has 0 aromatic heterocycles. The largest absolute Gasteiger partial charge is 0.756 e. The number of hydrogen-bond donors (Lipinski definition) is 0. The SMILES string of the molecule is CCCCCCCCCC/C=C\CCCCCCCCCCCCCCCCCCCCCCCCCCCCCC(=O)OC(COC(=O)CCCCCCCCCCCCCCCCCCCCCCCCCCCCCCCCCCCCCCCCCCC)COP(=O)([O-])OCC[N+](C)(C)C. The van der Waals surface area contributed by atoms with E-state index < -0.39 is 26.5 Å². The summed E-state index contributed by atoms with van der Waals surface area (Å²) in [6.07, 6.45) is 111. The molecule has 0 bridgehead atoms. The van der Waals surface area contributed by atoms with Crippen LogP contribution in [0.1, 0.15) is 528 Å². The summed E-state index contributed by atoms with van der Waals surface area (Å²) >= 11 is 0. The van der Waals surface area contributed by atoms with Gasteiger partial charge in [0.25, 0.3) is 7.82 Å². The Morgan fingerprint density at radius 2 is 0.490 bits per heavy atom. The van der Waals surface area contributed by atoms with Gasteiger partial charge in [0, 0.05) is 12.8 Å². The first kappa shape index (κ1) is 103. The summed E-state index contributed by atoms with van der Waals surface area (Å²) in [7, 11) is 1.20. The molecule has 0 rings (SSSR count). The van der Waals surface area contributed by atoms with E-state index in [1.54, 1.807) is 0 Å². The maximum Gasteiger partial charge on any atom is 0.306 e. The van der Waals surface area contributed by atoms with E-state index >= 15 is 0 Å². The molecular formula is C94H186NO8P. The fourth-order valence-electron chi connectivity index (χ4n) is 15.1. The van der Waals surface area contributed by atoms with Crippen LogP contribution >= 0.6 is 7.82 Å². The van der Waals surface area contributed by atoms with Crippen LogP contribution in [0.3, 0.4) is 0 Å². The molecule has 104 heavy (non-hydrogen) atoms. The van der Waals surface area contributed by atoms with Crippen LogP contribution in [0.15, 0.2) is 12.2 Å². The predicted molar refractivity (Wildman–Crippen MR) is 453 cm³/mol. The van der Waals surface area contributed by atoms with Crippen molar-refractivity contribution in [3.63, 3.8) is 0 Å². The summed E-state index contributed by atoms with van der Waals surface area (Å²) < 4.78 is 34.5. The molecule has 10 heteroatoms. The lowest BCUT2D eigenvalue weighted by molar-refractivity contribution is -0.870. The topological polar surface area (TPSA) is 111 Å². The molecule has 0 radical (unpaired) electrons. The monoisotopic (exact) mass is 1490 g/mol. The Balaban J connectivity index is 3.79. The van der Waals surface area contributed by atoms with E-state index in [4.69, 9.17) is 18.5 Å². The third-order valence-electron chi connectivity index (χ3n) is 22.3. The van der Waals surface area contributed by atoms with E-state index in [1.807, 2.05) is 21.1 Å². The minimum atomic E-state index is -4.64. The number of ether oxygens (including phenoxy) is 2. The van der Waals surface area contributed by atoms with Crippen LogP contribution in [0, 0.1) is 0 Å². The molecular weight excluding hydrogens is 1300 g/mol. The summed E-state index contributed by atoms with van der Waals surface area (Å²) in [6.45, 7) is 4.35. The summed E-state index contributed by atoms with van der Waals surface area (Å²) in [5, 5.41) is 0. The Morgan fingerprint density at radius 3 is 0.712 bits per heavy atom. The van der Waals surface area contributed by atoms with E-state index in [0.717, 1.165) is 32.1 Å². The fraction of sp³-hybridized carbons (Fsp3) is 0.957. The number of esters is 2. The second kappa shape index (κ2) is 85.7. The molecule has 620 valence electrons. The van der Waals surface area contributed by atoms with E-state index in [9.17, 15) is 19.0 Å². The molecule has 0 aromatic rings. The average molecular weight is 1490 g/mol. The van der Waals surface area contributed by atoms with Gasteiger partial charge in [-0.3, -0.25) is 14.2 Å². The molecule has 0 aromatic carbocycles. The van der Waals surface area contributed by atoms with Crippen molar-refractivity contribution >= 4 is 19.8 Å². The average Bonchev–Trinajstić information content (AvgIpc) is 0.915. The number of allylic oxidation sites excluding steroid dienone is 2. The van der Waals surface area contributed by atoms with Gasteiger partial charge in [-0.25, -0.2) is 0 Å². The number of nitrogens with zero attached hydrogens (tertiary/aromatic N) is 1. The van der Waals surface area contributed by atoms with Gasteiger partial charge in [0.1, 0.15) is 19.8 Å². The molecule has 0 aliphatic rings. The van der Waals surface area contributed by atoms with Gasteiger partial charge in [0.05, 0.1) is 27.7 Å². The first-order chi connectivity index (χ1) is 51.0. The molecule has 0 aliphatic heterocycles. The van der Waals surface area contributed by atoms with Crippen molar-refractivity contribution in [2.75, 3.05) is 47.5 Å². The van der Waals surface area contributed by atoms with Gasteiger partial charge < -0.3 is 27.9 Å². The fourth-order valence-corrected chi connectivity index (χ4v) is 15.8. The quantitative estimate of drug-likeness (QED) is 0.0195. The Labute approximate surface area is 651 Å². The molecule has 0 heterocycles. The van der Waals surface area contributed by atoms with Crippen LogP contribution < -0.4 is 4.89 Å². The number of phosphoric acid groups is 1. The molecule has 0 aliphatic carbocycles. The van der Waals surface area contributed by atoms with Gasteiger partial charge in [0.2, 0.25) is 0 Å². The second-order valence-electron chi connectivity index (χ2n) is 34.1. The Morgan fingerprint density at radius 1 is 0.288 bits per heavy atom. The number of carbonyl (C=O) groups is 2. The summed E-state index contributed by atoms with van der Waals surface area (Å²) in [4.78, 5) is 38.3. The number of hydrogen-bond acceptors (Lipinski definition) is 8. The van der Waals surface area contributed by atoms with Crippen LogP contribution in [-0.2, 0) is 32.7 Å². The number of phosphoric ester groups is 1. The van der Waals surface area contributed by atoms with Crippen molar-refractivity contribution in [2.45, 2.75) is 534 Å². The van der Waals surface area contributed by atoms with Gasteiger partial charge in [-0.2, -0.15) is 0 Å². The highest BCUT2D eigenvalue weighted by Gasteiger charge is 2.22. The van der Waals surface area contributed by atoms with E-state index in [2.05, 4.69) is 26.0 Å². The Hall–Kier alpha value is -1.25. The minimum Gasteiger partial charge on any atom is -0.756 e. The number of quaternary nitrogens is 1. The smallest absolute Gasteiger partial charge is 0.306 e. The zero-order valence-corrected chi connectivity index (χ0v) is 72.2. The molecule has 0 saturated carbocycles. The van der Waals surface area contributed by atoms with E-state index in [1.165, 1.54) is 462 Å². The Kier molecular flexibility index (Phi) is 84.7. The lowest BCUT2D eigenvalue weighted by Crippen LogP contribution is -2.37. The normalized spacial score (nSPS) is 12.9. The van der Waals surface area contributed by atoms with Crippen molar-refractivity contribution in [3.8, 4) is 0 Å². The Bertz CT molecular complexity index is 1750. The standard InChI is InChI=1S/C94H186NO8P/c1-6-8-10-12-14-16-18-20-22-24-26-28-30-32-34-36-38-40-42-44-46-47-49-50-52-54-56-58-60-62-64-66-68-70-72-74-76-78-80-82-84-86-93(96)100-90-92(91-102-104(98,99)101-89-88-95(3,4)5)103-94(97)87-85-83-81-79-77-75-73-71-69-67-65-63-61-59-57-55-53-51-48-45-43-41-39-37-35-33-31-29-27-25-23-21-19-17-15-13-11-9-7-2/h25,27,92H,6-24,26,28-91H2,1-5H3/b27-25-. The van der Waals surface area contributed by atoms with E-state index in [-0.39, 0.29) is 32.0 Å².